The zero-order chi connectivity index (χ0) is 18.4. The van der Waals surface area contributed by atoms with Crippen LogP contribution in [0.5, 0.6) is 11.5 Å². The molecule has 1 aliphatic heterocycles. The summed E-state index contributed by atoms with van der Waals surface area (Å²) in [5, 5.41) is 11.9. The van der Waals surface area contributed by atoms with Crippen LogP contribution >= 0.6 is 0 Å². The van der Waals surface area contributed by atoms with Gasteiger partial charge in [-0.15, -0.1) is 0 Å². The Labute approximate surface area is 156 Å². The van der Waals surface area contributed by atoms with Crippen LogP contribution in [-0.4, -0.2) is 29.1 Å². The second-order valence-electron chi connectivity index (χ2n) is 6.72. The largest absolute Gasteiger partial charge is 0.489 e. The lowest BCUT2D eigenvalue weighted by Gasteiger charge is -2.27. The number of nitrogens with two attached hydrogens (primary N) is 1. The summed E-state index contributed by atoms with van der Waals surface area (Å²) >= 11 is 0. The third kappa shape index (κ3) is 2.47. The molecule has 1 aromatic heterocycles. The molecule has 0 amide bonds. The summed E-state index contributed by atoms with van der Waals surface area (Å²) in [6.07, 6.45) is -1.04. The minimum absolute atomic E-state index is 0.0377. The lowest BCUT2D eigenvalue weighted by atomic mass is 10.1. The van der Waals surface area contributed by atoms with Gasteiger partial charge in [-0.3, -0.25) is 0 Å². The monoisotopic (exact) mass is 360 g/mol. The fraction of sp³-hybridized carbons (Fsp3) is 0.182. The lowest BCUT2D eigenvalue weighted by molar-refractivity contribution is -0.00740. The standard InChI is InChI=1S/C22H20N2O3/c23-12-20(25)27-18-10-5-9-16-21(18)15-8-4-11-19-22(15)24(16)17(13-26-19)14-6-2-1-3-7-14/h1-11,17,20,25H,12-13,23H2/t17?,20-/m1/s1. The Balaban J connectivity index is 1.83. The Hall–Kier alpha value is -3.02. The van der Waals surface area contributed by atoms with Crippen molar-refractivity contribution >= 4 is 21.8 Å². The number of hydrogen-bond donors (Lipinski definition) is 2. The molecule has 2 heterocycles. The minimum Gasteiger partial charge on any atom is -0.489 e. The van der Waals surface area contributed by atoms with Crippen LogP contribution in [0.15, 0.2) is 66.7 Å². The van der Waals surface area contributed by atoms with Crippen molar-refractivity contribution in [2.75, 3.05) is 13.2 Å². The van der Waals surface area contributed by atoms with Gasteiger partial charge in [-0.2, -0.15) is 0 Å². The SMILES string of the molecule is NC[C@H](O)Oc1cccc2c1c1cccc3c1n2C(c1ccccc1)CO3. The molecule has 0 saturated heterocycles. The highest BCUT2D eigenvalue weighted by atomic mass is 16.6. The summed E-state index contributed by atoms with van der Waals surface area (Å²) in [6.45, 7) is 0.604. The highest BCUT2D eigenvalue weighted by molar-refractivity contribution is 6.13. The lowest BCUT2D eigenvalue weighted by Crippen LogP contribution is -2.25. The van der Waals surface area contributed by atoms with E-state index in [0.717, 1.165) is 27.6 Å². The van der Waals surface area contributed by atoms with E-state index in [1.54, 1.807) is 0 Å². The Kier molecular flexibility index (Phi) is 3.77. The number of aliphatic hydroxyl groups is 1. The maximum atomic E-state index is 9.93. The van der Waals surface area contributed by atoms with Crippen molar-refractivity contribution in [1.82, 2.24) is 4.57 Å². The smallest absolute Gasteiger partial charge is 0.209 e. The number of rotatable bonds is 4. The van der Waals surface area contributed by atoms with E-state index in [1.165, 1.54) is 5.56 Å². The summed E-state index contributed by atoms with van der Waals surface area (Å²) in [6, 6.07) is 22.4. The first-order valence-corrected chi connectivity index (χ1v) is 9.06. The van der Waals surface area contributed by atoms with Gasteiger partial charge in [0.05, 0.1) is 23.6 Å². The molecule has 0 bridgehead atoms. The summed E-state index contributed by atoms with van der Waals surface area (Å²) in [5.74, 6) is 1.49. The number of benzene rings is 3. The van der Waals surface area contributed by atoms with Gasteiger partial charge >= 0.3 is 0 Å². The van der Waals surface area contributed by atoms with Crippen LogP contribution < -0.4 is 15.2 Å². The van der Waals surface area contributed by atoms with Gasteiger partial charge in [-0.25, -0.2) is 0 Å². The van der Waals surface area contributed by atoms with Gasteiger partial charge in [0.25, 0.3) is 0 Å². The maximum Gasteiger partial charge on any atom is 0.209 e. The van der Waals surface area contributed by atoms with Crippen molar-refractivity contribution in [2.24, 2.45) is 5.73 Å². The van der Waals surface area contributed by atoms with E-state index in [2.05, 4.69) is 28.8 Å². The molecule has 4 aromatic rings. The summed E-state index contributed by atoms with van der Waals surface area (Å²) in [5.41, 5.74) is 8.83. The molecule has 2 atom stereocenters. The van der Waals surface area contributed by atoms with Gasteiger partial charge in [0.2, 0.25) is 6.29 Å². The molecule has 3 aromatic carbocycles. The van der Waals surface area contributed by atoms with Crippen molar-refractivity contribution in [1.29, 1.82) is 0 Å². The van der Waals surface area contributed by atoms with Crippen LogP contribution in [-0.2, 0) is 0 Å². The Morgan fingerprint density at radius 2 is 1.89 bits per heavy atom. The summed E-state index contributed by atoms with van der Waals surface area (Å²) in [7, 11) is 0. The quantitative estimate of drug-likeness (QED) is 0.547. The fourth-order valence-corrected chi connectivity index (χ4v) is 3.98. The molecule has 0 saturated carbocycles. The van der Waals surface area contributed by atoms with Crippen LogP contribution in [0.1, 0.15) is 11.6 Å². The number of ether oxygens (including phenoxy) is 2. The second kappa shape index (κ2) is 6.30. The highest BCUT2D eigenvalue weighted by Gasteiger charge is 2.28. The average Bonchev–Trinajstić information content (AvgIpc) is 3.06. The zero-order valence-corrected chi connectivity index (χ0v) is 14.7. The van der Waals surface area contributed by atoms with Crippen LogP contribution in [0.3, 0.4) is 0 Å². The third-order valence-corrected chi connectivity index (χ3v) is 5.13. The average molecular weight is 360 g/mol. The van der Waals surface area contributed by atoms with E-state index in [1.807, 2.05) is 42.5 Å². The molecule has 27 heavy (non-hydrogen) atoms. The van der Waals surface area contributed by atoms with Crippen LogP contribution in [0, 0.1) is 0 Å². The van der Waals surface area contributed by atoms with Crippen molar-refractivity contribution < 1.29 is 14.6 Å². The molecule has 0 radical (unpaired) electrons. The molecule has 0 spiro atoms. The van der Waals surface area contributed by atoms with Gasteiger partial charge in [-0.1, -0.05) is 48.5 Å². The first-order chi connectivity index (χ1) is 13.3. The number of para-hydroxylation sites is 1. The summed E-state index contributed by atoms with van der Waals surface area (Å²) in [4.78, 5) is 0. The summed E-state index contributed by atoms with van der Waals surface area (Å²) < 4.78 is 14.1. The predicted molar refractivity (Wildman–Crippen MR) is 105 cm³/mol. The molecular formula is C22H20N2O3. The first-order valence-electron chi connectivity index (χ1n) is 9.06. The Morgan fingerprint density at radius 3 is 2.70 bits per heavy atom. The van der Waals surface area contributed by atoms with Gasteiger partial charge in [-0.05, 0) is 23.8 Å². The van der Waals surface area contributed by atoms with Crippen LogP contribution in [0.25, 0.3) is 21.8 Å². The number of nitrogens with zero attached hydrogens (tertiary/aromatic N) is 1. The van der Waals surface area contributed by atoms with E-state index in [4.69, 9.17) is 15.2 Å². The molecule has 5 rings (SSSR count). The molecule has 0 aliphatic carbocycles. The van der Waals surface area contributed by atoms with Crippen molar-refractivity contribution in [3.8, 4) is 11.5 Å². The van der Waals surface area contributed by atoms with Crippen LogP contribution in [0.4, 0.5) is 0 Å². The molecule has 3 N–H and O–H groups in total. The Bertz CT molecular complexity index is 1120. The normalized spacial score (nSPS) is 17.0. The predicted octanol–water partition coefficient (Wildman–Crippen LogP) is 3.43. The van der Waals surface area contributed by atoms with Gasteiger partial charge in [0, 0.05) is 10.8 Å². The molecule has 5 nitrogen and oxygen atoms in total. The van der Waals surface area contributed by atoms with Crippen molar-refractivity contribution in [2.45, 2.75) is 12.3 Å². The molecule has 1 aliphatic rings. The van der Waals surface area contributed by atoms with Gasteiger partial charge < -0.3 is 24.9 Å². The number of aliphatic hydroxyl groups excluding tert-OH is 1. The van der Waals surface area contributed by atoms with Gasteiger partial charge in [0.15, 0.2) is 0 Å². The van der Waals surface area contributed by atoms with E-state index >= 15 is 0 Å². The second-order valence-corrected chi connectivity index (χ2v) is 6.72. The Morgan fingerprint density at radius 1 is 1.07 bits per heavy atom. The van der Waals surface area contributed by atoms with Gasteiger partial charge in [0.1, 0.15) is 18.1 Å². The number of fused-ring (bicyclic) bond motifs is 3. The number of hydrogen-bond acceptors (Lipinski definition) is 4. The molecule has 136 valence electrons. The van der Waals surface area contributed by atoms with Crippen molar-refractivity contribution in [3.05, 3.63) is 72.3 Å². The van der Waals surface area contributed by atoms with E-state index in [-0.39, 0.29) is 12.6 Å². The fourth-order valence-electron chi connectivity index (χ4n) is 3.98. The number of aromatic nitrogens is 1. The molecule has 0 fully saturated rings. The minimum atomic E-state index is -1.04. The van der Waals surface area contributed by atoms with E-state index in [0.29, 0.717) is 12.4 Å². The van der Waals surface area contributed by atoms with E-state index < -0.39 is 6.29 Å². The van der Waals surface area contributed by atoms with Crippen LogP contribution in [0.2, 0.25) is 0 Å². The third-order valence-electron chi connectivity index (χ3n) is 5.13. The maximum absolute atomic E-state index is 9.93. The first kappa shape index (κ1) is 16.2. The molecular weight excluding hydrogens is 340 g/mol. The van der Waals surface area contributed by atoms with E-state index in [9.17, 15) is 5.11 Å². The highest BCUT2D eigenvalue weighted by Crippen LogP contribution is 2.44. The zero-order valence-electron chi connectivity index (χ0n) is 14.7. The molecule has 5 heteroatoms. The topological polar surface area (TPSA) is 69.6 Å². The van der Waals surface area contributed by atoms with Crippen molar-refractivity contribution in [3.63, 3.8) is 0 Å². The molecule has 1 unspecified atom stereocenters.